The van der Waals surface area contributed by atoms with E-state index < -0.39 is 10.8 Å². The Labute approximate surface area is 179 Å². The number of ether oxygens (including phenoxy) is 1. The van der Waals surface area contributed by atoms with Gasteiger partial charge in [-0.1, -0.05) is 32.9 Å². The average Bonchev–Trinajstić information content (AvgIpc) is 2.94. The molecule has 1 N–H and O–H groups in total. The number of amides is 1. The lowest BCUT2D eigenvalue weighted by Gasteiger charge is -2.20. The fourth-order valence-electron chi connectivity index (χ4n) is 3.16. The highest BCUT2D eigenvalue weighted by Crippen LogP contribution is 2.39. The summed E-state index contributed by atoms with van der Waals surface area (Å²) >= 11 is 0. The molecule has 0 unspecified atom stereocenters. The van der Waals surface area contributed by atoms with Gasteiger partial charge in [-0.05, 0) is 35.6 Å². The van der Waals surface area contributed by atoms with Crippen molar-refractivity contribution in [3.05, 3.63) is 57.6 Å². The van der Waals surface area contributed by atoms with Crippen LogP contribution in [0.25, 0.3) is 10.9 Å². The summed E-state index contributed by atoms with van der Waals surface area (Å²) in [7, 11) is 1.58. The van der Waals surface area contributed by atoms with Crippen molar-refractivity contribution in [2.75, 3.05) is 6.61 Å². The molecule has 0 fully saturated rings. The van der Waals surface area contributed by atoms with Gasteiger partial charge in [-0.3, -0.25) is 14.9 Å². The van der Waals surface area contributed by atoms with Gasteiger partial charge < -0.3 is 14.4 Å². The molecule has 3 aromatic rings. The number of rotatable bonds is 5. The maximum Gasteiger partial charge on any atom is 0.302 e. The van der Waals surface area contributed by atoms with E-state index in [-0.39, 0.29) is 29.3 Å². The zero-order valence-electron chi connectivity index (χ0n) is 18.0. The number of non-ortho nitro benzene ring substituents is 1. The molecule has 0 atom stereocenters. The maximum absolute atomic E-state index is 12.2. The van der Waals surface area contributed by atoms with Crippen molar-refractivity contribution in [1.29, 1.82) is 0 Å². The third-order valence-corrected chi connectivity index (χ3v) is 4.99. The van der Waals surface area contributed by atoms with Gasteiger partial charge in [0.25, 0.3) is 5.69 Å². The number of aryl methyl sites for hydroxylation is 2. The first-order chi connectivity index (χ1) is 14.5. The number of aromatic hydroxyl groups is 1. The smallest absolute Gasteiger partial charge is 0.302 e. The van der Waals surface area contributed by atoms with Crippen molar-refractivity contribution < 1.29 is 19.6 Å². The highest BCUT2D eigenvalue weighted by molar-refractivity contribution is 5.96. The molecule has 0 radical (unpaired) electrons. The van der Waals surface area contributed by atoms with Crippen molar-refractivity contribution in [3.63, 3.8) is 0 Å². The fourth-order valence-corrected chi connectivity index (χ4v) is 3.16. The van der Waals surface area contributed by atoms with E-state index >= 15 is 0 Å². The number of nitro groups is 1. The van der Waals surface area contributed by atoms with Crippen LogP contribution in [-0.4, -0.2) is 27.1 Å². The predicted molar refractivity (Wildman–Crippen MR) is 116 cm³/mol. The Bertz CT molecular complexity index is 1200. The summed E-state index contributed by atoms with van der Waals surface area (Å²) in [4.78, 5) is 22.7. The van der Waals surface area contributed by atoms with E-state index in [1.54, 1.807) is 7.05 Å². The lowest BCUT2D eigenvalue weighted by atomic mass is 9.86. The van der Waals surface area contributed by atoms with Crippen molar-refractivity contribution >= 4 is 28.2 Å². The molecule has 9 heteroatoms. The molecule has 0 aliphatic heterocycles. The molecule has 1 aromatic heterocycles. The van der Waals surface area contributed by atoms with Crippen LogP contribution in [0.4, 0.5) is 11.4 Å². The highest BCUT2D eigenvalue weighted by Gasteiger charge is 2.18. The SMILES string of the molecule is Cc1cc(C(C)(C)C)ccc1OCC(=O)N=Nc1c(O)n(C)c2ccc([N+](=O)[O-])cc12. The van der Waals surface area contributed by atoms with Crippen LogP contribution < -0.4 is 4.74 Å². The molecule has 31 heavy (non-hydrogen) atoms. The minimum Gasteiger partial charge on any atom is -0.493 e. The molecule has 0 spiro atoms. The zero-order chi connectivity index (χ0) is 22.9. The van der Waals surface area contributed by atoms with Gasteiger partial charge in [0.05, 0.1) is 10.4 Å². The first kappa shape index (κ1) is 21.9. The molecule has 0 aliphatic carbocycles. The van der Waals surface area contributed by atoms with Crippen LogP contribution in [0.3, 0.4) is 0 Å². The van der Waals surface area contributed by atoms with Crippen LogP contribution in [0.15, 0.2) is 46.6 Å². The topological polar surface area (TPSA) is 119 Å². The number of fused-ring (bicyclic) bond motifs is 1. The van der Waals surface area contributed by atoms with E-state index in [4.69, 9.17) is 4.74 Å². The number of carbonyl (C=O) groups is 1. The summed E-state index contributed by atoms with van der Waals surface area (Å²) in [5, 5.41) is 29.1. The molecule has 162 valence electrons. The van der Waals surface area contributed by atoms with Gasteiger partial charge in [0.2, 0.25) is 5.88 Å². The van der Waals surface area contributed by atoms with Gasteiger partial charge in [-0.2, -0.15) is 0 Å². The summed E-state index contributed by atoms with van der Waals surface area (Å²) in [6, 6.07) is 9.90. The third kappa shape index (κ3) is 4.55. The first-order valence-electron chi connectivity index (χ1n) is 9.63. The van der Waals surface area contributed by atoms with Crippen molar-refractivity contribution in [2.45, 2.75) is 33.1 Å². The number of nitrogens with zero attached hydrogens (tertiary/aromatic N) is 4. The lowest BCUT2D eigenvalue weighted by Crippen LogP contribution is -2.12. The normalized spacial score (nSPS) is 11.9. The maximum atomic E-state index is 12.2. The van der Waals surface area contributed by atoms with E-state index in [2.05, 4.69) is 31.0 Å². The van der Waals surface area contributed by atoms with Gasteiger partial charge in [0.15, 0.2) is 12.3 Å². The van der Waals surface area contributed by atoms with Gasteiger partial charge in [-0.15, -0.1) is 10.2 Å². The fraction of sp³-hybridized carbons (Fsp3) is 0.318. The molecule has 0 saturated carbocycles. The summed E-state index contributed by atoms with van der Waals surface area (Å²) < 4.78 is 6.98. The Hall–Kier alpha value is -3.75. The van der Waals surface area contributed by atoms with Crippen LogP contribution in [0.1, 0.15) is 31.9 Å². The second kappa shape index (κ2) is 8.17. The number of hydrogen-bond donors (Lipinski definition) is 1. The van der Waals surface area contributed by atoms with Crippen LogP contribution in [0.5, 0.6) is 11.6 Å². The molecular weight excluding hydrogens is 400 g/mol. The number of aromatic nitrogens is 1. The summed E-state index contributed by atoms with van der Waals surface area (Å²) in [5.41, 5.74) is 2.41. The number of carbonyl (C=O) groups excluding carboxylic acids is 1. The van der Waals surface area contributed by atoms with Gasteiger partial charge >= 0.3 is 5.91 Å². The Balaban J connectivity index is 1.78. The van der Waals surface area contributed by atoms with Gasteiger partial charge in [0, 0.05) is 24.6 Å². The number of nitro benzene ring substituents is 1. The van der Waals surface area contributed by atoms with Crippen molar-refractivity contribution in [2.24, 2.45) is 17.3 Å². The standard InChI is InChI=1S/C22H24N4O5/c1-13-10-14(22(2,3)4)6-9-18(13)31-12-19(27)23-24-20-16-11-15(26(29)30)7-8-17(16)25(5)21(20)28/h6-11,28H,12H2,1-5H3. The molecule has 0 saturated heterocycles. The summed E-state index contributed by atoms with van der Waals surface area (Å²) in [6.45, 7) is 7.92. The molecule has 2 aromatic carbocycles. The molecule has 1 heterocycles. The molecule has 1 amide bonds. The zero-order valence-corrected chi connectivity index (χ0v) is 18.0. The minimum absolute atomic E-state index is 0.00283. The second-order valence-corrected chi connectivity index (χ2v) is 8.30. The van der Waals surface area contributed by atoms with Crippen molar-refractivity contribution in [3.8, 4) is 11.6 Å². The molecule has 3 rings (SSSR count). The Morgan fingerprint density at radius 3 is 2.55 bits per heavy atom. The largest absolute Gasteiger partial charge is 0.493 e. The number of benzene rings is 2. The van der Waals surface area contributed by atoms with Crippen LogP contribution in [0, 0.1) is 17.0 Å². The molecule has 9 nitrogen and oxygen atoms in total. The monoisotopic (exact) mass is 424 g/mol. The molecule has 0 aliphatic rings. The van der Waals surface area contributed by atoms with Crippen LogP contribution >= 0.6 is 0 Å². The third-order valence-electron chi connectivity index (χ3n) is 4.99. The number of hydrogen-bond acceptors (Lipinski definition) is 6. The molecule has 0 bridgehead atoms. The van der Waals surface area contributed by atoms with E-state index in [0.717, 1.165) is 11.1 Å². The lowest BCUT2D eigenvalue weighted by molar-refractivity contribution is -0.384. The van der Waals surface area contributed by atoms with E-state index in [1.165, 1.54) is 22.8 Å². The average molecular weight is 424 g/mol. The van der Waals surface area contributed by atoms with E-state index in [9.17, 15) is 20.0 Å². The Morgan fingerprint density at radius 2 is 1.94 bits per heavy atom. The quantitative estimate of drug-likeness (QED) is 0.348. The Morgan fingerprint density at radius 1 is 1.23 bits per heavy atom. The Kier molecular flexibility index (Phi) is 5.79. The summed E-state index contributed by atoms with van der Waals surface area (Å²) in [5.74, 6) is -0.331. The first-order valence-corrected chi connectivity index (χ1v) is 9.63. The van der Waals surface area contributed by atoms with Crippen LogP contribution in [-0.2, 0) is 17.3 Å². The van der Waals surface area contributed by atoms with E-state index in [1.807, 2.05) is 25.1 Å². The van der Waals surface area contributed by atoms with E-state index in [0.29, 0.717) is 16.7 Å². The second-order valence-electron chi connectivity index (χ2n) is 8.30. The van der Waals surface area contributed by atoms with Gasteiger partial charge in [-0.25, -0.2) is 0 Å². The summed E-state index contributed by atoms with van der Waals surface area (Å²) in [6.07, 6.45) is 0. The minimum atomic E-state index is -0.652. The van der Waals surface area contributed by atoms with Crippen LogP contribution in [0.2, 0.25) is 0 Å². The molecular formula is C22H24N4O5. The highest BCUT2D eigenvalue weighted by atomic mass is 16.6. The van der Waals surface area contributed by atoms with Gasteiger partial charge in [0.1, 0.15) is 5.75 Å². The van der Waals surface area contributed by atoms with Crippen molar-refractivity contribution in [1.82, 2.24) is 4.57 Å². The predicted octanol–water partition coefficient (Wildman–Crippen LogP) is 5.09. The number of azo groups is 1.